The van der Waals surface area contributed by atoms with Crippen LogP contribution in [-0.4, -0.2) is 42.8 Å². The molecule has 0 spiro atoms. The molecular formula is C20H28N2O2. The molecule has 0 N–H and O–H groups in total. The highest BCUT2D eigenvalue weighted by Crippen LogP contribution is 2.24. The van der Waals surface area contributed by atoms with Crippen LogP contribution in [0.3, 0.4) is 0 Å². The number of anilines is 1. The summed E-state index contributed by atoms with van der Waals surface area (Å²) in [5, 5.41) is 0. The first-order valence-corrected chi connectivity index (χ1v) is 9.27. The SMILES string of the molecule is CC(=O)N1CCC(CC(=O)c2ccc(N3CCCCC3)cc2)CC1. The van der Waals surface area contributed by atoms with Gasteiger partial charge < -0.3 is 9.80 Å². The lowest BCUT2D eigenvalue weighted by atomic mass is 9.90. The average Bonchev–Trinajstić information content (AvgIpc) is 2.63. The molecule has 130 valence electrons. The van der Waals surface area contributed by atoms with Crippen LogP contribution in [0.4, 0.5) is 5.69 Å². The van der Waals surface area contributed by atoms with Crippen molar-refractivity contribution in [2.45, 2.75) is 45.4 Å². The van der Waals surface area contributed by atoms with Crippen LogP contribution in [0.5, 0.6) is 0 Å². The first kappa shape index (κ1) is 17.0. The van der Waals surface area contributed by atoms with E-state index in [0.717, 1.165) is 44.6 Å². The first-order valence-electron chi connectivity index (χ1n) is 9.27. The molecule has 1 amide bonds. The molecule has 0 unspecified atom stereocenters. The molecule has 2 aliphatic heterocycles. The lowest BCUT2D eigenvalue weighted by Crippen LogP contribution is -2.37. The monoisotopic (exact) mass is 328 g/mol. The van der Waals surface area contributed by atoms with Crippen LogP contribution < -0.4 is 4.90 Å². The van der Waals surface area contributed by atoms with Crippen LogP contribution in [0.25, 0.3) is 0 Å². The Bertz CT molecular complexity index is 568. The van der Waals surface area contributed by atoms with Crippen molar-refractivity contribution in [1.29, 1.82) is 0 Å². The number of ketones is 1. The Hall–Kier alpha value is -1.84. The summed E-state index contributed by atoms with van der Waals surface area (Å²) in [6, 6.07) is 8.15. The topological polar surface area (TPSA) is 40.6 Å². The summed E-state index contributed by atoms with van der Waals surface area (Å²) in [7, 11) is 0. The third kappa shape index (κ3) is 4.16. The molecule has 0 bridgehead atoms. The molecule has 2 heterocycles. The zero-order chi connectivity index (χ0) is 16.9. The number of nitrogens with zero attached hydrogens (tertiary/aromatic N) is 2. The highest BCUT2D eigenvalue weighted by molar-refractivity contribution is 5.96. The van der Waals surface area contributed by atoms with Gasteiger partial charge in [-0.05, 0) is 62.3 Å². The number of piperidine rings is 2. The molecule has 0 saturated carbocycles. The molecule has 0 aliphatic carbocycles. The quantitative estimate of drug-likeness (QED) is 0.794. The van der Waals surface area contributed by atoms with E-state index in [0.29, 0.717) is 12.3 Å². The van der Waals surface area contributed by atoms with Crippen LogP contribution in [0.2, 0.25) is 0 Å². The van der Waals surface area contributed by atoms with Crippen LogP contribution in [0.15, 0.2) is 24.3 Å². The molecule has 2 saturated heterocycles. The van der Waals surface area contributed by atoms with Crippen molar-refractivity contribution in [3.05, 3.63) is 29.8 Å². The second-order valence-electron chi connectivity index (χ2n) is 7.17. The van der Waals surface area contributed by atoms with Crippen molar-refractivity contribution in [3.63, 3.8) is 0 Å². The molecule has 0 aromatic heterocycles. The fourth-order valence-corrected chi connectivity index (χ4v) is 3.84. The predicted molar refractivity (Wildman–Crippen MR) is 96.4 cm³/mol. The van der Waals surface area contributed by atoms with Crippen molar-refractivity contribution in [3.8, 4) is 0 Å². The molecule has 3 rings (SSSR count). The Kier molecular flexibility index (Phi) is 5.54. The van der Waals surface area contributed by atoms with E-state index in [4.69, 9.17) is 0 Å². The van der Waals surface area contributed by atoms with E-state index in [1.165, 1.54) is 24.9 Å². The number of hydrogen-bond acceptors (Lipinski definition) is 3. The number of carbonyl (C=O) groups is 2. The summed E-state index contributed by atoms with van der Waals surface area (Å²) < 4.78 is 0. The molecular weight excluding hydrogens is 300 g/mol. The minimum absolute atomic E-state index is 0.146. The summed E-state index contributed by atoms with van der Waals surface area (Å²) in [6.45, 7) is 5.46. The molecule has 2 fully saturated rings. The minimum atomic E-state index is 0.146. The van der Waals surface area contributed by atoms with E-state index < -0.39 is 0 Å². The van der Waals surface area contributed by atoms with E-state index in [1.54, 1.807) is 6.92 Å². The molecule has 0 radical (unpaired) electrons. The highest BCUT2D eigenvalue weighted by Gasteiger charge is 2.23. The Morgan fingerprint density at radius 1 is 0.958 bits per heavy atom. The standard InChI is InChI=1S/C20H28N2O2/c1-16(23)21-13-9-17(10-14-21)15-20(24)18-5-7-19(8-6-18)22-11-3-2-4-12-22/h5-8,17H,2-4,9-15H2,1H3. The van der Waals surface area contributed by atoms with Gasteiger partial charge >= 0.3 is 0 Å². The molecule has 4 heteroatoms. The van der Waals surface area contributed by atoms with Crippen molar-refractivity contribution in [2.75, 3.05) is 31.1 Å². The van der Waals surface area contributed by atoms with Gasteiger partial charge in [-0.15, -0.1) is 0 Å². The number of benzene rings is 1. The van der Waals surface area contributed by atoms with Gasteiger partial charge in [-0.1, -0.05) is 0 Å². The second kappa shape index (κ2) is 7.82. The van der Waals surface area contributed by atoms with E-state index in [2.05, 4.69) is 17.0 Å². The number of Topliss-reactive ketones (excluding diaryl/α,β-unsaturated/α-hetero) is 1. The Morgan fingerprint density at radius 3 is 2.17 bits per heavy atom. The number of rotatable bonds is 4. The highest BCUT2D eigenvalue weighted by atomic mass is 16.2. The van der Waals surface area contributed by atoms with E-state index in [-0.39, 0.29) is 11.7 Å². The summed E-state index contributed by atoms with van der Waals surface area (Å²) in [6.07, 6.45) is 6.35. The number of likely N-dealkylation sites (tertiary alicyclic amines) is 1. The zero-order valence-electron chi connectivity index (χ0n) is 14.7. The van der Waals surface area contributed by atoms with Gasteiger partial charge in [0.05, 0.1) is 0 Å². The molecule has 0 atom stereocenters. The number of hydrogen-bond donors (Lipinski definition) is 0. The number of amides is 1. The largest absolute Gasteiger partial charge is 0.372 e. The van der Waals surface area contributed by atoms with Crippen molar-refractivity contribution >= 4 is 17.4 Å². The van der Waals surface area contributed by atoms with Gasteiger partial charge in [-0.25, -0.2) is 0 Å². The second-order valence-corrected chi connectivity index (χ2v) is 7.17. The zero-order valence-corrected chi connectivity index (χ0v) is 14.7. The van der Waals surface area contributed by atoms with Gasteiger partial charge in [-0.2, -0.15) is 0 Å². The first-order chi connectivity index (χ1) is 11.6. The molecule has 2 aliphatic rings. The third-order valence-corrected chi connectivity index (χ3v) is 5.44. The summed E-state index contributed by atoms with van der Waals surface area (Å²) in [5.41, 5.74) is 2.06. The van der Waals surface area contributed by atoms with Gasteiger partial charge in [0.15, 0.2) is 5.78 Å². The van der Waals surface area contributed by atoms with Gasteiger partial charge in [0, 0.05) is 50.8 Å². The smallest absolute Gasteiger partial charge is 0.219 e. The van der Waals surface area contributed by atoms with Crippen LogP contribution in [-0.2, 0) is 4.79 Å². The van der Waals surface area contributed by atoms with Gasteiger partial charge in [0.2, 0.25) is 5.91 Å². The van der Waals surface area contributed by atoms with E-state index in [1.807, 2.05) is 17.0 Å². The summed E-state index contributed by atoms with van der Waals surface area (Å²) in [4.78, 5) is 28.2. The number of carbonyl (C=O) groups excluding carboxylic acids is 2. The van der Waals surface area contributed by atoms with Gasteiger partial charge in [0.25, 0.3) is 0 Å². The Labute approximate surface area is 144 Å². The molecule has 24 heavy (non-hydrogen) atoms. The fourth-order valence-electron chi connectivity index (χ4n) is 3.84. The normalized spacial score (nSPS) is 19.4. The average molecular weight is 328 g/mol. The maximum Gasteiger partial charge on any atom is 0.219 e. The Morgan fingerprint density at radius 2 is 1.58 bits per heavy atom. The molecule has 1 aromatic carbocycles. The van der Waals surface area contributed by atoms with Crippen LogP contribution >= 0.6 is 0 Å². The summed E-state index contributed by atoms with van der Waals surface area (Å²) in [5.74, 6) is 0.796. The maximum atomic E-state index is 12.5. The maximum absolute atomic E-state index is 12.5. The van der Waals surface area contributed by atoms with Crippen LogP contribution in [0.1, 0.15) is 55.8 Å². The third-order valence-electron chi connectivity index (χ3n) is 5.44. The van der Waals surface area contributed by atoms with E-state index in [9.17, 15) is 9.59 Å². The Balaban J connectivity index is 1.53. The minimum Gasteiger partial charge on any atom is -0.372 e. The van der Waals surface area contributed by atoms with Crippen molar-refractivity contribution < 1.29 is 9.59 Å². The van der Waals surface area contributed by atoms with Gasteiger partial charge in [-0.3, -0.25) is 9.59 Å². The van der Waals surface area contributed by atoms with Crippen LogP contribution in [0, 0.1) is 5.92 Å². The molecule has 4 nitrogen and oxygen atoms in total. The van der Waals surface area contributed by atoms with Crippen molar-refractivity contribution in [1.82, 2.24) is 4.90 Å². The predicted octanol–water partition coefficient (Wildman–Crippen LogP) is 3.51. The lowest BCUT2D eigenvalue weighted by molar-refractivity contribution is -0.130. The summed E-state index contributed by atoms with van der Waals surface area (Å²) >= 11 is 0. The van der Waals surface area contributed by atoms with Gasteiger partial charge in [0.1, 0.15) is 0 Å². The lowest BCUT2D eigenvalue weighted by Gasteiger charge is -2.31. The van der Waals surface area contributed by atoms with Crippen molar-refractivity contribution in [2.24, 2.45) is 5.92 Å². The van der Waals surface area contributed by atoms with E-state index >= 15 is 0 Å². The fraction of sp³-hybridized carbons (Fsp3) is 0.600. The molecule has 1 aromatic rings.